The molecule has 72 valence electrons. The summed E-state index contributed by atoms with van der Waals surface area (Å²) in [7, 11) is 0. The second-order valence-electron chi connectivity index (χ2n) is 2.92. The normalized spacial score (nSPS) is 12.5. The van der Waals surface area contributed by atoms with Crippen LogP contribution >= 0.6 is 22.6 Å². The van der Waals surface area contributed by atoms with Crippen molar-refractivity contribution in [3.8, 4) is 0 Å². The van der Waals surface area contributed by atoms with Crippen molar-refractivity contribution in [2.75, 3.05) is 11.9 Å². The summed E-state index contributed by atoms with van der Waals surface area (Å²) in [6.07, 6.45) is 0.534. The Morgan fingerprint density at radius 3 is 2.77 bits per heavy atom. The molecule has 1 aromatic rings. The first-order valence-electron chi connectivity index (χ1n) is 4.40. The third-order valence-corrected chi connectivity index (χ3v) is 2.81. The van der Waals surface area contributed by atoms with Gasteiger partial charge in [-0.3, -0.25) is 0 Å². The second kappa shape index (κ2) is 5.44. The molecule has 2 nitrogen and oxygen atoms in total. The van der Waals surface area contributed by atoms with Crippen LogP contribution < -0.4 is 5.32 Å². The number of hydrogen-bond acceptors (Lipinski definition) is 2. The molecule has 0 saturated heterocycles. The third-order valence-electron chi connectivity index (χ3n) is 1.87. The van der Waals surface area contributed by atoms with Gasteiger partial charge in [0.2, 0.25) is 0 Å². The summed E-state index contributed by atoms with van der Waals surface area (Å²) in [5, 5.41) is 12.6. The summed E-state index contributed by atoms with van der Waals surface area (Å²) in [6.45, 7) is 2.60. The summed E-state index contributed by atoms with van der Waals surface area (Å²) in [5.41, 5.74) is 1.09. The summed E-state index contributed by atoms with van der Waals surface area (Å²) in [5.74, 6) is 0. The van der Waals surface area contributed by atoms with Crippen molar-refractivity contribution < 1.29 is 5.11 Å². The number of para-hydroxylation sites is 1. The minimum atomic E-state index is -0.254. The molecule has 0 radical (unpaired) electrons. The van der Waals surface area contributed by atoms with E-state index in [9.17, 15) is 5.11 Å². The van der Waals surface area contributed by atoms with Gasteiger partial charge in [-0.05, 0) is 41.1 Å². The van der Waals surface area contributed by atoms with Gasteiger partial charge in [-0.1, -0.05) is 19.1 Å². The lowest BCUT2D eigenvalue weighted by molar-refractivity contribution is 0.183. The molecule has 0 fully saturated rings. The molecule has 1 rings (SSSR count). The number of aliphatic hydroxyl groups excluding tert-OH is 1. The Labute approximate surface area is 92.5 Å². The lowest BCUT2D eigenvalue weighted by Gasteiger charge is -2.11. The van der Waals surface area contributed by atoms with Crippen LogP contribution in [0.4, 0.5) is 5.69 Å². The standard InChI is InChI=1S/C10H14INO/c1-2-8(13)7-12-10-6-4-3-5-9(10)11/h3-6,8,12-13H,2,7H2,1H3. The highest BCUT2D eigenvalue weighted by Crippen LogP contribution is 2.16. The minimum Gasteiger partial charge on any atom is -0.391 e. The maximum Gasteiger partial charge on any atom is 0.0709 e. The van der Waals surface area contributed by atoms with Crippen molar-refractivity contribution in [2.45, 2.75) is 19.4 Å². The van der Waals surface area contributed by atoms with E-state index in [1.807, 2.05) is 31.2 Å². The molecule has 0 aliphatic rings. The van der Waals surface area contributed by atoms with Crippen LogP contribution in [0.15, 0.2) is 24.3 Å². The molecular formula is C10H14INO. The molecule has 0 aliphatic carbocycles. The van der Waals surface area contributed by atoms with E-state index in [2.05, 4.69) is 27.9 Å². The van der Waals surface area contributed by atoms with E-state index >= 15 is 0 Å². The zero-order valence-electron chi connectivity index (χ0n) is 7.63. The summed E-state index contributed by atoms with van der Waals surface area (Å²) in [6, 6.07) is 8.05. The Kier molecular flexibility index (Phi) is 4.52. The maximum atomic E-state index is 9.35. The first-order chi connectivity index (χ1) is 6.24. The molecule has 0 heterocycles. The molecule has 1 atom stereocenters. The summed E-state index contributed by atoms with van der Waals surface area (Å²) < 4.78 is 1.18. The van der Waals surface area contributed by atoms with Crippen molar-refractivity contribution in [3.05, 3.63) is 27.8 Å². The molecule has 0 aromatic heterocycles. The minimum absolute atomic E-state index is 0.254. The van der Waals surface area contributed by atoms with Crippen LogP contribution in [0.5, 0.6) is 0 Å². The van der Waals surface area contributed by atoms with Gasteiger partial charge in [0.1, 0.15) is 0 Å². The molecule has 0 saturated carbocycles. The molecule has 0 bridgehead atoms. The molecule has 0 spiro atoms. The maximum absolute atomic E-state index is 9.35. The number of rotatable bonds is 4. The van der Waals surface area contributed by atoms with Gasteiger partial charge >= 0.3 is 0 Å². The van der Waals surface area contributed by atoms with Gasteiger partial charge in [-0.2, -0.15) is 0 Å². The van der Waals surface area contributed by atoms with Gasteiger partial charge in [0, 0.05) is 15.8 Å². The zero-order chi connectivity index (χ0) is 9.68. The molecule has 1 aromatic carbocycles. The predicted octanol–water partition coefficient (Wildman–Crippen LogP) is 2.47. The van der Waals surface area contributed by atoms with Crippen LogP contribution in [-0.2, 0) is 0 Å². The first kappa shape index (κ1) is 10.8. The van der Waals surface area contributed by atoms with Crippen molar-refractivity contribution in [3.63, 3.8) is 0 Å². The summed E-state index contributed by atoms with van der Waals surface area (Å²) in [4.78, 5) is 0. The monoisotopic (exact) mass is 291 g/mol. The number of aliphatic hydroxyl groups is 1. The molecular weight excluding hydrogens is 277 g/mol. The molecule has 3 heteroatoms. The van der Waals surface area contributed by atoms with Crippen LogP contribution in [0.2, 0.25) is 0 Å². The van der Waals surface area contributed by atoms with Gasteiger partial charge in [-0.25, -0.2) is 0 Å². The fourth-order valence-corrected chi connectivity index (χ4v) is 1.55. The predicted molar refractivity (Wildman–Crippen MR) is 63.9 cm³/mol. The number of hydrogen-bond donors (Lipinski definition) is 2. The van der Waals surface area contributed by atoms with Gasteiger partial charge in [-0.15, -0.1) is 0 Å². The Bertz CT molecular complexity index is 265. The van der Waals surface area contributed by atoms with Crippen LogP contribution in [-0.4, -0.2) is 17.8 Å². The Hall–Kier alpha value is -0.290. The number of benzene rings is 1. The largest absolute Gasteiger partial charge is 0.391 e. The number of halogens is 1. The van der Waals surface area contributed by atoms with Gasteiger partial charge < -0.3 is 10.4 Å². The second-order valence-corrected chi connectivity index (χ2v) is 4.09. The number of nitrogens with one attached hydrogen (secondary N) is 1. The van der Waals surface area contributed by atoms with Gasteiger partial charge in [0.15, 0.2) is 0 Å². The first-order valence-corrected chi connectivity index (χ1v) is 5.48. The molecule has 2 N–H and O–H groups in total. The lowest BCUT2D eigenvalue weighted by atomic mass is 10.2. The van der Waals surface area contributed by atoms with E-state index in [-0.39, 0.29) is 6.10 Å². The molecule has 0 aliphatic heterocycles. The molecule has 13 heavy (non-hydrogen) atoms. The van der Waals surface area contributed by atoms with E-state index < -0.39 is 0 Å². The van der Waals surface area contributed by atoms with Gasteiger partial charge in [0.05, 0.1) is 6.10 Å². The van der Waals surface area contributed by atoms with Crippen molar-refractivity contribution >= 4 is 28.3 Å². The average molecular weight is 291 g/mol. The Balaban J connectivity index is 2.50. The highest BCUT2D eigenvalue weighted by Gasteiger charge is 2.01. The Morgan fingerprint density at radius 1 is 1.46 bits per heavy atom. The van der Waals surface area contributed by atoms with E-state index in [4.69, 9.17) is 0 Å². The van der Waals surface area contributed by atoms with Crippen LogP contribution in [0, 0.1) is 3.57 Å². The quantitative estimate of drug-likeness (QED) is 0.835. The average Bonchev–Trinajstić information content (AvgIpc) is 2.16. The highest BCUT2D eigenvalue weighted by atomic mass is 127. The van der Waals surface area contributed by atoms with E-state index in [1.54, 1.807) is 0 Å². The Morgan fingerprint density at radius 2 is 2.15 bits per heavy atom. The fraction of sp³-hybridized carbons (Fsp3) is 0.400. The van der Waals surface area contributed by atoms with Crippen molar-refractivity contribution in [1.82, 2.24) is 0 Å². The van der Waals surface area contributed by atoms with Crippen LogP contribution in [0.1, 0.15) is 13.3 Å². The van der Waals surface area contributed by atoms with E-state index in [0.717, 1.165) is 12.1 Å². The number of anilines is 1. The van der Waals surface area contributed by atoms with E-state index in [1.165, 1.54) is 3.57 Å². The van der Waals surface area contributed by atoms with E-state index in [0.29, 0.717) is 6.54 Å². The van der Waals surface area contributed by atoms with Crippen LogP contribution in [0.25, 0.3) is 0 Å². The smallest absolute Gasteiger partial charge is 0.0709 e. The van der Waals surface area contributed by atoms with Crippen LogP contribution in [0.3, 0.4) is 0 Å². The molecule has 0 amide bonds. The van der Waals surface area contributed by atoms with Crippen molar-refractivity contribution in [1.29, 1.82) is 0 Å². The third kappa shape index (κ3) is 3.52. The fourth-order valence-electron chi connectivity index (χ4n) is 0.977. The molecule has 1 unspecified atom stereocenters. The topological polar surface area (TPSA) is 32.3 Å². The SMILES string of the molecule is CCC(O)CNc1ccccc1I. The van der Waals surface area contributed by atoms with Gasteiger partial charge in [0.25, 0.3) is 0 Å². The van der Waals surface area contributed by atoms with Crippen molar-refractivity contribution in [2.24, 2.45) is 0 Å². The lowest BCUT2D eigenvalue weighted by Crippen LogP contribution is -2.18. The zero-order valence-corrected chi connectivity index (χ0v) is 9.78. The highest BCUT2D eigenvalue weighted by molar-refractivity contribution is 14.1. The summed E-state index contributed by atoms with van der Waals surface area (Å²) >= 11 is 2.28.